The van der Waals surface area contributed by atoms with Gasteiger partial charge in [0.1, 0.15) is 0 Å². The van der Waals surface area contributed by atoms with E-state index in [-0.39, 0.29) is 24.3 Å². The van der Waals surface area contributed by atoms with E-state index < -0.39 is 0 Å². The summed E-state index contributed by atoms with van der Waals surface area (Å²) in [4.78, 5) is 27.1. The second-order valence-electron chi connectivity index (χ2n) is 8.11. The van der Waals surface area contributed by atoms with Crippen LogP contribution in [0.1, 0.15) is 73.5 Å². The smallest absolute Gasteiger partial charge is 0.338 e. The van der Waals surface area contributed by atoms with Gasteiger partial charge >= 0.3 is 5.97 Å². The minimum absolute atomic E-state index is 0.00391. The summed E-state index contributed by atoms with van der Waals surface area (Å²) in [5.41, 5.74) is 3.84. The highest BCUT2D eigenvalue weighted by atomic mass is 16.5. The number of carbonyl (C=O) groups is 2. The molecule has 0 bridgehead atoms. The molecule has 0 saturated carbocycles. The molecule has 1 saturated heterocycles. The average Bonchev–Trinajstić information content (AvgIpc) is 2.80. The predicted octanol–water partition coefficient (Wildman–Crippen LogP) is 5.05. The summed E-state index contributed by atoms with van der Waals surface area (Å²) in [7, 11) is 0. The molecule has 1 heterocycles. The van der Waals surface area contributed by atoms with Crippen LogP contribution in [0.2, 0.25) is 0 Å². The highest BCUT2D eigenvalue weighted by Crippen LogP contribution is 2.31. The third-order valence-corrected chi connectivity index (χ3v) is 5.75. The molecule has 5 nitrogen and oxygen atoms in total. The Kier molecular flexibility index (Phi) is 8.51. The number of benzene rings is 2. The summed E-state index contributed by atoms with van der Waals surface area (Å²) >= 11 is 0. The van der Waals surface area contributed by atoms with E-state index in [0.29, 0.717) is 12.2 Å². The summed E-state index contributed by atoms with van der Waals surface area (Å²) in [6, 6.07) is 15.6. The lowest BCUT2D eigenvalue weighted by molar-refractivity contribution is -0.121. The second kappa shape index (κ2) is 11.5. The number of nitrogens with zero attached hydrogens (tertiary/aromatic N) is 1. The van der Waals surface area contributed by atoms with Crippen molar-refractivity contribution >= 4 is 17.6 Å². The Bertz CT molecular complexity index is 857. The minimum Gasteiger partial charge on any atom is -0.462 e. The molecule has 1 aliphatic heterocycles. The number of esters is 1. The molecule has 1 aliphatic rings. The SMILES string of the molecule is CCCC(NC(=O)Cc1ccc(C(=O)OCC)cc1)c1ccccc1N1CCCCC1. The van der Waals surface area contributed by atoms with Crippen LogP contribution < -0.4 is 10.2 Å². The summed E-state index contributed by atoms with van der Waals surface area (Å²) in [6.07, 6.45) is 5.92. The van der Waals surface area contributed by atoms with Gasteiger partial charge in [-0.1, -0.05) is 43.7 Å². The number of nitrogens with one attached hydrogen (secondary N) is 1. The van der Waals surface area contributed by atoms with E-state index in [1.54, 1.807) is 19.1 Å². The van der Waals surface area contributed by atoms with Crippen LogP contribution in [0.25, 0.3) is 0 Å². The molecule has 2 aromatic rings. The lowest BCUT2D eigenvalue weighted by Gasteiger charge is -2.32. The standard InChI is InChI=1S/C26H34N2O3/c1-3-10-23(22-11-6-7-12-24(22)28-17-8-5-9-18-28)27-25(29)19-20-13-15-21(16-14-20)26(30)31-4-2/h6-7,11-16,23H,3-5,8-10,17-19H2,1-2H3,(H,27,29). The van der Waals surface area contributed by atoms with Gasteiger partial charge in [0.25, 0.3) is 0 Å². The van der Waals surface area contributed by atoms with Crippen molar-refractivity contribution in [2.24, 2.45) is 0 Å². The zero-order chi connectivity index (χ0) is 22.1. The Hall–Kier alpha value is -2.82. The van der Waals surface area contributed by atoms with Crippen molar-refractivity contribution in [2.75, 3.05) is 24.6 Å². The molecule has 1 amide bonds. The molecule has 1 N–H and O–H groups in total. The molecule has 0 spiro atoms. The lowest BCUT2D eigenvalue weighted by Crippen LogP contribution is -2.34. The Labute approximate surface area is 185 Å². The van der Waals surface area contributed by atoms with Gasteiger partial charge in [-0.25, -0.2) is 4.79 Å². The largest absolute Gasteiger partial charge is 0.462 e. The maximum atomic E-state index is 12.9. The average molecular weight is 423 g/mol. The maximum Gasteiger partial charge on any atom is 0.338 e. The monoisotopic (exact) mass is 422 g/mol. The van der Waals surface area contributed by atoms with Crippen molar-refractivity contribution in [3.8, 4) is 0 Å². The van der Waals surface area contributed by atoms with Crippen LogP contribution in [0.3, 0.4) is 0 Å². The zero-order valence-electron chi connectivity index (χ0n) is 18.7. The van der Waals surface area contributed by atoms with Gasteiger partial charge in [-0.05, 0) is 61.9 Å². The first-order valence-electron chi connectivity index (χ1n) is 11.5. The quantitative estimate of drug-likeness (QED) is 0.574. The van der Waals surface area contributed by atoms with Gasteiger partial charge in [-0.15, -0.1) is 0 Å². The Morgan fingerprint density at radius 2 is 1.71 bits per heavy atom. The van der Waals surface area contributed by atoms with E-state index in [0.717, 1.165) is 31.5 Å². The molecule has 1 fully saturated rings. The summed E-state index contributed by atoms with van der Waals surface area (Å²) in [5.74, 6) is -0.341. The molecule has 1 atom stereocenters. The number of amides is 1. The van der Waals surface area contributed by atoms with Gasteiger partial charge in [0.15, 0.2) is 0 Å². The van der Waals surface area contributed by atoms with Crippen molar-refractivity contribution in [3.05, 3.63) is 65.2 Å². The van der Waals surface area contributed by atoms with Gasteiger partial charge in [-0.2, -0.15) is 0 Å². The van der Waals surface area contributed by atoms with Crippen LogP contribution in [-0.2, 0) is 16.0 Å². The number of piperidine rings is 1. The molecule has 31 heavy (non-hydrogen) atoms. The first-order valence-corrected chi connectivity index (χ1v) is 11.5. The first-order chi connectivity index (χ1) is 15.1. The normalized spacial score (nSPS) is 14.7. The second-order valence-corrected chi connectivity index (χ2v) is 8.11. The van der Waals surface area contributed by atoms with Crippen molar-refractivity contribution in [3.63, 3.8) is 0 Å². The predicted molar refractivity (Wildman–Crippen MR) is 124 cm³/mol. The van der Waals surface area contributed by atoms with Crippen LogP contribution in [0.15, 0.2) is 48.5 Å². The van der Waals surface area contributed by atoms with Gasteiger partial charge in [0.2, 0.25) is 5.91 Å². The highest BCUT2D eigenvalue weighted by molar-refractivity contribution is 5.89. The van der Waals surface area contributed by atoms with Crippen LogP contribution in [-0.4, -0.2) is 31.6 Å². The molecule has 3 rings (SSSR count). The van der Waals surface area contributed by atoms with E-state index in [4.69, 9.17) is 4.74 Å². The maximum absolute atomic E-state index is 12.9. The van der Waals surface area contributed by atoms with Gasteiger partial charge < -0.3 is 15.0 Å². The molecule has 0 aromatic heterocycles. The fourth-order valence-corrected chi connectivity index (χ4v) is 4.20. The summed E-state index contributed by atoms with van der Waals surface area (Å²) in [5, 5.41) is 3.26. The number of para-hydroxylation sites is 1. The molecular weight excluding hydrogens is 388 g/mol. The van der Waals surface area contributed by atoms with E-state index in [9.17, 15) is 9.59 Å². The molecule has 0 aliphatic carbocycles. The Morgan fingerprint density at radius 3 is 2.39 bits per heavy atom. The number of anilines is 1. The van der Waals surface area contributed by atoms with E-state index in [2.05, 4.69) is 41.4 Å². The van der Waals surface area contributed by atoms with E-state index in [1.165, 1.54) is 30.5 Å². The van der Waals surface area contributed by atoms with Gasteiger partial charge in [-0.3, -0.25) is 4.79 Å². The molecule has 0 radical (unpaired) electrons. The summed E-state index contributed by atoms with van der Waals surface area (Å²) in [6.45, 7) is 6.44. The van der Waals surface area contributed by atoms with Crippen molar-refractivity contribution in [2.45, 2.75) is 58.4 Å². The van der Waals surface area contributed by atoms with Crippen LogP contribution in [0.5, 0.6) is 0 Å². The van der Waals surface area contributed by atoms with E-state index >= 15 is 0 Å². The van der Waals surface area contributed by atoms with Crippen molar-refractivity contribution in [1.82, 2.24) is 5.32 Å². The van der Waals surface area contributed by atoms with Gasteiger partial charge in [0.05, 0.1) is 24.6 Å². The molecule has 5 heteroatoms. The topological polar surface area (TPSA) is 58.6 Å². The number of hydrogen-bond acceptors (Lipinski definition) is 4. The fraction of sp³-hybridized carbons (Fsp3) is 0.462. The zero-order valence-corrected chi connectivity index (χ0v) is 18.7. The first kappa shape index (κ1) is 22.9. The Balaban J connectivity index is 1.69. The van der Waals surface area contributed by atoms with Crippen LogP contribution >= 0.6 is 0 Å². The Morgan fingerprint density at radius 1 is 1.00 bits per heavy atom. The number of carbonyl (C=O) groups excluding carboxylic acids is 2. The lowest BCUT2D eigenvalue weighted by atomic mass is 9.98. The number of rotatable bonds is 9. The molecular formula is C26H34N2O3. The van der Waals surface area contributed by atoms with Gasteiger partial charge in [0, 0.05) is 18.8 Å². The molecule has 1 unspecified atom stereocenters. The number of ether oxygens (including phenoxy) is 1. The van der Waals surface area contributed by atoms with Crippen molar-refractivity contribution in [1.29, 1.82) is 0 Å². The van der Waals surface area contributed by atoms with Crippen LogP contribution in [0, 0.1) is 0 Å². The van der Waals surface area contributed by atoms with Crippen molar-refractivity contribution < 1.29 is 14.3 Å². The summed E-state index contributed by atoms with van der Waals surface area (Å²) < 4.78 is 5.02. The molecule has 2 aromatic carbocycles. The minimum atomic E-state index is -0.337. The number of hydrogen-bond donors (Lipinski definition) is 1. The third kappa shape index (κ3) is 6.33. The van der Waals surface area contributed by atoms with E-state index in [1.807, 2.05) is 12.1 Å². The fourth-order valence-electron chi connectivity index (χ4n) is 4.20. The highest BCUT2D eigenvalue weighted by Gasteiger charge is 2.21. The molecule has 166 valence electrons. The third-order valence-electron chi connectivity index (χ3n) is 5.75. The van der Waals surface area contributed by atoms with Crippen LogP contribution in [0.4, 0.5) is 5.69 Å².